The number of unbranched alkanes of at least 4 members (excludes halogenated alkanes) is 1. The van der Waals surface area contributed by atoms with Crippen molar-refractivity contribution >= 4 is 72.7 Å². The van der Waals surface area contributed by atoms with Crippen molar-refractivity contribution in [2.45, 2.75) is 266 Å². The molecule has 37 nitrogen and oxygen atoms in total. The first kappa shape index (κ1) is 136. The predicted molar refractivity (Wildman–Crippen MR) is 558 cm³/mol. The van der Waals surface area contributed by atoms with Gasteiger partial charge in [0.05, 0.1) is 30.3 Å². The van der Waals surface area contributed by atoms with Crippen LogP contribution in [0.1, 0.15) is 123 Å². The minimum Gasteiger partial charge on any atom is -0.343 e. The summed E-state index contributed by atoms with van der Waals surface area (Å²) in [6.45, 7) is 43.8. The Hall–Kier alpha value is -4.46. The molecular weight excluding hydrogens is 2010 g/mol. The molecule has 11 fully saturated rings. The molecule has 0 aromatic heterocycles. The minimum absolute atomic E-state index is 0. The Labute approximate surface area is 896 Å². The standard InChI is InChI=1S/C19H18BrP.C14H25BN2O4.C13H23BF2N2O4.C13H25BN2O5.C13H23BN2O4.C8H17NO2.C7H14BFN2O2.C7H13F2NO2.C4H9.Li.H2O2/c1-21(20,17-11-5-2-6-12-17,18-13-7-3-8-14-18)19-15-9-4-10-16-19;1-9(2)10-7-17(15-16)8-11-12(10)21-14(4,19-6)13(3,18-5)20-11;1-11(15,16)8-6-18(14-17)7-9-10(8)22-13(3,20-5)12(2,19-4)21-9;1-12(18-3)13(2,19-4)21-11-9(5-6-17)7-16(14-15)8-10(11)20-12;1-6-9-7-16(14-15)8-10-11(9)20-13(3,18-5)12(2,17-4)19-10;1-5(2)6-3-9-4-7(10)8(6)11;9-2-1-5-3-11(8-10)4-6(12)7(5)13;1-7(8,9)4-2-10-3-5(11)6(4)12;1-3-4-2;;1-2/h2-16H,1H3;10-12,16H,1,7-8H2,2-6H3;8-10,17H,6-7H2,1-5H3;9-11,15,17H,5-8H2,1-4H3;6,9-11,15H,1,7-8H2,2-5H3;5-11H,3-4H2,1-2H3;5-7,10,12-13H,1-4H2;4-6,10-12H,2-3H2,1H3;1,3-4H2,2H3;;1-2H/q;;;;;;;;-1;+1;/t;10-,11-,12-,13+,14+;8-,9+,10+,12-,13-;2*9-,10+,11+,12-,13-;6-,7-,8-;5-,6+,7+;4-,5+,6+;;;/m.1000100.../s1. The number of benzene rings is 3. The Morgan fingerprint density at radius 2 is 0.797 bits per heavy atom. The molecule has 3 aromatic rings. The number of rotatable bonds is 26. The SMILES string of the molecule is C=C(C)[C@H]1CN(B=N)C[C@H]2O[C@](C)(OC)[C@@](C)(OC)O[C@H]12.C=C[C@H]1CN(B=N)C[C@H]2O[C@](C)(OC)[C@@](C)(OC)O[C@H]12.CC(C)[C@H]1CNC[C@@H](O)[C@@H]1O.CC(F)(F)[C@H]1CNC[C@@H](O)[C@@H]1O.CO[C@@]1(C)O[C@@H]2[C@@H](CCO)CN(B=N)C[C@H]2O[C@]1(C)OC.CO[C@@]1(C)O[C@H]2[C@@H](CN(B=N)C[C@@H]2C(C)(F)F)O[C@]1(C)OC.CP(Br)(c1ccccc1)(c1ccccc1)c1ccccc1.N=BN1C[C@H](CCF)[C@@H](O)[C@H](O)C1.OO.[CH2-]CCC.[Li+]. The molecule has 3 aromatic carbocycles. The maximum atomic E-state index is 14.0. The molecule has 11 heterocycles. The minimum atomic E-state index is -2.97. The third kappa shape index (κ3) is 33.1. The molecule has 0 saturated carbocycles. The molecule has 14 rings (SSSR count). The number of ether oxygens (including phenoxy) is 16. The van der Waals surface area contributed by atoms with Crippen LogP contribution in [-0.2, 0) is 75.8 Å². The Balaban J connectivity index is 0.000000352. The Morgan fingerprint density at radius 3 is 1.14 bits per heavy atom. The maximum absolute atomic E-state index is 14.0. The number of hydrogen-bond donors (Lipinski definition) is 16. The summed E-state index contributed by atoms with van der Waals surface area (Å²) >= 11 is 4.24. The van der Waals surface area contributed by atoms with Crippen molar-refractivity contribution in [1.82, 2.24) is 34.7 Å². The van der Waals surface area contributed by atoms with Crippen LogP contribution in [0.4, 0.5) is 22.0 Å². The number of nitrogens with one attached hydrogen (secondary N) is 7. The topological polar surface area (TPSA) is 489 Å². The molecule has 0 spiro atoms. The first-order valence-electron chi connectivity index (χ1n) is 49.7. The van der Waals surface area contributed by atoms with E-state index in [1.807, 2.05) is 48.2 Å². The van der Waals surface area contributed by atoms with E-state index in [-0.39, 0.29) is 124 Å². The van der Waals surface area contributed by atoms with E-state index in [9.17, 15) is 52.6 Å². The average Bonchev–Trinajstić information content (AvgIpc) is 0.706. The van der Waals surface area contributed by atoms with E-state index >= 15 is 0 Å². The first-order chi connectivity index (χ1) is 69.0. The molecule has 29 atom stereocenters. The zero-order chi connectivity index (χ0) is 111. The van der Waals surface area contributed by atoms with Crippen molar-refractivity contribution in [2.75, 3.05) is 168 Å². The monoisotopic (exact) mass is 2180 g/mol. The predicted octanol–water partition coefficient (Wildman–Crippen LogP) is 5.68. The molecule has 11 saturated heterocycles. The van der Waals surface area contributed by atoms with Crippen molar-refractivity contribution in [3.05, 3.63) is 123 Å². The van der Waals surface area contributed by atoms with Gasteiger partial charge in [-0.2, -0.15) is 6.42 Å². The van der Waals surface area contributed by atoms with Gasteiger partial charge in [-0.3, -0.25) is 10.5 Å². The van der Waals surface area contributed by atoms with Crippen LogP contribution in [0.3, 0.4) is 0 Å². The quantitative estimate of drug-likeness (QED) is 0.00874. The van der Waals surface area contributed by atoms with Gasteiger partial charge in [-0.15, -0.1) is 0 Å². The molecule has 0 unspecified atom stereocenters. The number of methoxy groups -OCH3 is 8. The molecule has 834 valence electrons. The third-order valence-corrected chi connectivity index (χ3v) is 38.5. The molecule has 11 aliphatic rings. The molecule has 0 bridgehead atoms. The van der Waals surface area contributed by atoms with Crippen molar-refractivity contribution in [3.8, 4) is 0 Å². The van der Waals surface area contributed by atoms with Crippen LogP contribution < -0.4 is 45.4 Å². The van der Waals surface area contributed by atoms with E-state index in [0.29, 0.717) is 71.2 Å². The van der Waals surface area contributed by atoms with Gasteiger partial charge < -0.3 is 38.0 Å². The van der Waals surface area contributed by atoms with E-state index in [0.717, 1.165) is 46.8 Å². The Kier molecular flexibility index (Phi) is 55.4. The fraction of sp³-hybridized carbons (Fsp3) is 0.765. The molecule has 50 heteroatoms. The number of aliphatic hydroxyl groups is 7. The molecule has 11 aliphatic heterocycles. The Bertz CT molecular complexity index is 4350. The smallest absolute Gasteiger partial charge is 0.343 e. The number of piperidine rings is 7. The van der Waals surface area contributed by atoms with Gasteiger partial charge in [-0.05, 0) is 12.8 Å². The van der Waals surface area contributed by atoms with Crippen molar-refractivity contribution in [2.24, 2.45) is 47.3 Å². The van der Waals surface area contributed by atoms with Gasteiger partial charge in [0, 0.05) is 32.1 Å². The number of aliphatic hydroxyl groups excluding tert-OH is 7. The van der Waals surface area contributed by atoms with Crippen LogP contribution in [0.25, 0.3) is 0 Å². The van der Waals surface area contributed by atoms with E-state index in [2.05, 4.69) is 165 Å². The second kappa shape index (κ2) is 60.3. The summed E-state index contributed by atoms with van der Waals surface area (Å²) in [6.07, 6.45) is -2.92. The van der Waals surface area contributed by atoms with Crippen LogP contribution in [-0.4, -0.2) is 418 Å². The Morgan fingerprint density at radius 1 is 0.480 bits per heavy atom. The first-order valence-corrected chi connectivity index (χ1v) is 54.4. The molecule has 16 N–H and O–H groups in total. The number of alkyl halides is 5. The van der Waals surface area contributed by atoms with Crippen LogP contribution in [0, 0.1) is 80.8 Å². The van der Waals surface area contributed by atoms with Gasteiger partial charge in [-0.25, -0.2) is 8.78 Å². The number of hydrogen-bond acceptors (Lipinski definition) is 32. The van der Waals surface area contributed by atoms with E-state index in [1.165, 1.54) is 63.0 Å². The number of fused-ring (bicyclic) bond motifs is 4. The zero-order valence-corrected chi connectivity index (χ0v) is 93.6. The molecule has 148 heavy (non-hydrogen) atoms. The van der Waals surface area contributed by atoms with E-state index < -0.39 is 131 Å². The summed E-state index contributed by atoms with van der Waals surface area (Å²) in [5, 5.41) is 121. The van der Waals surface area contributed by atoms with Gasteiger partial charge in [0.1, 0.15) is 0 Å². The number of β-amino-alcohol motifs (C(OH)–C–C–N with tert-alkyl or cyclic N) is 3. The molecule has 0 aliphatic carbocycles. The van der Waals surface area contributed by atoms with Gasteiger partial charge >= 0.3 is 730 Å². The van der Waals surface area contributed by atoms with Gasteiger partial charge in [0.15, 0.2) is 0 Å². The van der Waals surface area contributed by atoms with Crippen LogP contribution >= 0.6 is 20.8 Å². The normalized spacial score (nSPS) is 35.8. The van der Waals surface area contributed by atoms with Crippen molar-refractivity contribution < 1.29 is 163 Å². The van der Waals surface area contributed by atoms with Gasteiger partial charge in [-0.1, -0.05) is 27.2 Å². The third-order valence-electron chi connectivity index (χ3n) is 30.3. The second-order valence-corrected chi connectivity index (χ2v) is 50.0. The van der Waals surface area contributed by atoms with Gasteiger partial charge in [0.2, 0.25) is 0 Å². The van der Waals surface area contributed by atoms with Crippen LogP contribution in [0.5, 0.6) is 0 Å². The number of nitrogens with zero attached hydrogens (tertiary/aromatic N) is 5. The summed E-state index contributed by atoms with van der Waals surface area (Å²) in [5.74, 6) is -16.2. The van der Waals surface area contributed by atoms with Crippen LogP contribution in [0.2, 0.25) is 0 Å². The van der Waals surface area contributed by atoms with Gasteiger partial charge in [0.25, 0.3) is 5.92 Å². The van der Waals surface area contributed by atoms with E-state index in [4.69, 9.17) is 118 Å². The summed E-state index contributed by atoms with van der Waals surface area (Å²) in [7, 11) is 18.4. The molecule has 0 radical (unpaired) electrons. The molecule has 0 amide bonds. The maximum Gasteiger partial charge on any atom is 1.00 e. The van der Waals surface area contributed by atoms with Crippen molar-refractivity contribution in [3.63, 3.8) is 0 Å². The zero-order valence-electron chi connectivity index (χ0n) is 91.1. The average molecular weight is 2180 g/mol. The van der Waals surface area contributed by atoms with Crippen LogP contribution in [0.15, 0.2) is 116 Å². The summed E-state index contributed by atoms with van der Waals surface area (Å²) in [5.41, 5.74) is 1.01. The van der Waals surface area contributed by atoms with Crippen molar-refractivity contribution in [1.29, 1.82) is 26.6 Å². The largest absolute Gasteiger partial charge is 1.00 e. The summed E-state index contributed by atoms with van der Waals surface area (Å²) < 4.78 is 158. The summed E-state index contributed by atoms with van der Waals surface area (Å²) in [4.78, 5) is 8.75. The second-order valence-electron chi connectivity index (χ2n) is 40.2. The molecular formula is C98H169B5BrF5LiN12O25P. The summed E-state index contributed by atoms with van der Waals surface area (Å²) in [6, 6.07) is 32.3. The fourth-order valence-corrected chi connectivity index (χ4v) is 25.2. The van der Waals surface area contributed by atoms with E-state index in [1.54, 1.807) is 82.1 Å². The fourth-order valence-electron chi connectivity index (χ4n) is 19.5. The number of halogens is 6.